The average molecular weight is 336 g/mol. The van der Waals surface area contributed by atoms with E-state index in [0.717, 1.165) is 21.7 Å². The van der Waals surface area contributed by atoms with Crippen LogP contribution in [0.3, 0.4) is 0 Å². The van der Waals surface area contributed by atoms with Gasteiger partial charge in [-0.15, -0.1) is 11.8 Å². The molecule has 0 saturated heterocycles. The van der Waals surface area contributed by atoms with Crippen molar-refractivity contribution in [1.29, 1.82) is 0 Å². The molecule has 0 aliphatic carbocycles. The molecule has 0 saturated carbocycles. The normalized spacial score (nSPS) is 10.5. The van der Waals surface area contributed by atoms with Gasteiger partial charge < -0.3 is 10.4 Å². The van der Waals surface area contributed by atoms with E-state index in [1.165, 1.54) is 0 Å². The van der Waals surface area contributed by atoms with Crippen LogP contribution in [0.1, 0.15) is 17.5 Å². The summed E-state index contributed by atoms with van der Waals surface area (Å²) < 4.78 is 0. The summed E-state index contributed by atoms with van der Waals surface area (Å²) in [6.45, 7) is 1.89. The fourth-order valence-corrected chi connectivity index (χ4v) is 3.12. The summed E-state index contributed by atoms with van der Waals surface area (Å²) in [6.07, 6.45) is 0.401. The molecule has 0 fully saturated rings. The zero-order valence-electron chi connectivity index (χ0n) is 12.3. The largest absolute Gasteiger partial charge is 0.392 e. The minimum Gasteiger partial charge on any atom is -0.392 e. The molecule has 116 valence electrons. The lowest BCUT2D eigenvalue weighted by molar-refractivity contribution is -0.115. The van der Waals surface area contributed by atoms with Gasteiger partial charge in [0.25, 0.3) is 0 Å². The highest BCUT2D eigenvalue weighted by Crippen LogP contribution is 2.27. The predicted octanol–water partition coefficient (Wildman–Crippen LogP) is 4.26. The number of hydrogen-bond acceptors (Lipinski definition) is 3. The molecular formula is C17H18ClNO2S. The molecule has 2 aromatic carbocycles. The lowest BCUT2D eigenvalue weighted by Gasteiger charge is -2.10. The summed E-state index contributed by atoms with van der Waals surface area (Å²) in [5.74, 6) is 0.617. The number of rotatable bonds is 6. The molecule has 3 nitrogen and oxygen atoms in total. The topological polar surface area (TPSA) is 49.3 Å². The standard InChI is InChI=1S/C17H18ClNO2S/c1-12-6-7-13(11-20)10-15(12)19-17(21)8-9-22-16-5-3-2-4-14(16)18/h2-7,10,20H,8-9,11H2,1H3,(H,19,21). The van der Waals surface area contributed by atoms with E-state index in [-0.39, 0.29) is 12.5 Å². The summed E-state index contributed by atoms with van der Waals surface area (Å²) in [4.78, 5) is 13.0. The van der Waals surface area contributed by atoms with E-state index in [2.05, 4.69) is 5.32 Å². The number of nitrogens with one attached hydrogen (secondary N) is 1. The summed E-state index contributed by atoms with van der Waals surface area (Å²) >= 11 is 7.64. The molecule has 2 aromatic rings. The van der Waals surface area contributed by atoms with Crippen LogP contribution >= 0.6 is 23.4 Å². The van der Waals surface area contributed by atoms with Crippen molar-refractivity contribution < 1.29 is 9.90 Å². The Balaban J connectivity index is 1.87. The van der Waals surface area contributed by atoms with Gasteiger partial charge in [0.2, 0.25) is 5.91 Å². The van der Waals surface area contributed by atoms with Crippen LogP contribution in [0.4, 0.5) is 5.69 Å². The number of aliphatic hydroxyl groups excluding tert-OH is 1. The number of benzene rings is 2. The monoisotopic (exact) mass is 335 g/mol. The molecule has 1 amide bonds. The second-order valence-corrected chi connectivity index (χ2v) is 6.43. The first-order chi connectivity index (χ1) is 10.6. The van der Waals surface area contributed by atoms with E-state index >= 15 is 0 Å². The van der Waals surface area contributed by atoms with E-state index in [0.29, 0.717) is 17.2 Å². The minimum atomic E-state index is -0.0438. The number of aliphatic hydroxyl groups is 1. The van der Waals surface area contributed by atoms with Crippen LogP contribution in [0, 0.1) is 6.92 Å². The highest BCUT2D eigenvalue weighted by molar-refractivity contribution is 7.99. The first kappa shape index (κ1) is 16.9. The molecule has 0 unspecified atom stereocenters. The molecule has 0 heterocycles. The molecule has 2 rings (SSSR count). The zero-order valence-corrected chi connectivity index (χ0v) is 13.9. The Morgan fingerprint density at radius 2 is 2.05 bits per heavy atom. The number of halogens is 1. The molecule has 5 heteroatoms. The maximum Gasteiger partial charge on any atom is 0.225 e. The van der Waals surface area contributed by atoms with Crippen molar-refractivity contribution in [2.24, 2.45) is 0 Å². The Labute approximate surface area is 139 Å². The average Bonchev–Trinajstić information content (AvgIpc) is 2.51. The highest BCUT2D eigenvalue weighted by atomic mass is 35.5. The number of anilines is 1. The zero-order chi connectivity index (χ0) is 15.9. The molecular weight excluding hydrogens is 318 g/mol. The van der Waals surface area contributed by atoms with Crippen LogP contribution in [-0.4, -0.2) is 16.8 Å². The Kier molecular flexibility index (Phi) is 6.31. The van der Waals surface area contributed by atoms with Gasteiger partial charge in [-0.3, -0.25) is 4.79 Å². The van der Waals surface area contributed by atoms with Crippen LogP contribution in [0.15, 0.2) is 47.4 Å². The molecule has 0 aliphatic heterocycles. The number of carbonyl (C=O) groups excluding carboxylic acids is 1. The maximum absolute atomic E-state index is 12.0. The van der Waals surface area contributed by atoms with Gasteiger partial charge in [0.15, 0.2) is 0 Å². The minimum absolute atomic E-state index is 0.0362. The van der Waals surface area contributed by atoms with E-state index in [4.69, 9.17) is 16.7 Å². The fourth-order valence-electron chi connectivity index (χ4n) is 1.93. The van der Waals surface area contributed by atoms with Gasteiger partial charge in [-0.25, -0.2) is 0 Å². The third-order valence-corrected chi connectivity index (χ3v) is 4.70. The van der Waals surface area contributed by atoms with Crippen molar-refractivity contribution in [3.63, 3.8) is 0 Å². The quantitative estimate of drug-likeness (QED) is 0.775. The molecule has 0 radical (unpaired) electrons. The molecule has 22 heavy (non-hydrogen) atoms. The van der Waals surface area contributed by atoms with Crippen molar-refractivity contribution in [3.05, 3.63) is 58.6 Å². The van der Waals surface area contributed by atoms with Gasteiger partial charge >= 0.3 is 0 Å². The first-order valence-corrected chi connectivity index (χ1v) is 8.34. The second-order valence-electron chi connectivity index (χ2n) is 4.88. The molecule has 0 spiro atoms. The lowest BCUT2D eigenvalue weighted by Crippen LogP contribution is -2.13. The maximum atomic E-state index is 12.0. The summed E-state index contributed by atoms with van der Waals surface area (Å²) in [6, 6.07) is 13.1. The number of carbonyl (C=O) groups is 1. The smallest absolute Gasteiger partial charge is 0.225 e. The molecule has 0 bridgehead atoms. The van der Waals surface area contributed by atoms with Gasteiger partial charge in [-0.05, 0) is 36.2 Å². The highest BCUT2D eigenvalue weighted by Gasteiger charge is 2.07. The number of aryl methyl sites for hydroxylation is 1. The van der Waals surface area contributed by atoms with E-state index in [1.54, 1.807) is 17.8 Å². The van der Waals surface area contributed by atoms with Crippen LogP contribution in [-0.2, 0) is 11.4 Å². The molecule has 2 N–H and O–H groups in total. The van der Waals surface area contributed by atoms with Crippen LogP contribution in [0.2, 0.25) is 5.02 Å². The van der Waals surface area contributed by atoms with E-state index in [9.17, 15) is 4.79 Å². The van der Waals surface area contributed by atoms with Crippen LogP contribution in [0.5, 0.6) is 0 Å². The van der Waals surface area contributed by atoms with Crippen molar-refractivity contribution in [1.82, 2.24) is 0 Å². The number of hydrogen-bond donors (Lipinski definition) is 2. The lowest BCUT2D eigenvalue weighted by atomic mass is 10.1. The second kappa shape index (κ2) is 8.22. The Morgan fingerprint density at radius 3 is 2.77 bits per heavy atom. The third kappa shape index (κ3) is 4.77. The Bertz CT molecular complexity index is 661. The molecule has 0 atom stereocenters. The van der Waals surface area contributed by atoms with Crippen molar-refractivity contribution in [3.8, 4) is 0 Å². The SMILES string of the molecule is Cc1ccc(CO)cc1NC(=O)CCSc1ccccc1Cl. The van der Waals surface area contributed by atoms with Gasteiger partial charge in [0.05, 0.1) is 11.6 Å². The van der Waals surface area contributed by atoms with E-state index in [1.807, 2.05) is 43.3 Å². The summed E-state index contributed by atoms with van der Waals surface area (Å²) in [5.41, 5.74) is 2.51. The Morgan fingerprint density at radius 1 is 1.27 bits per heavy atom. The third-order valence-electron chi connectivity index (χ3n) is 3.18. The van der Waals surface area contributed by atoms with Crippen molar-refractivity contribution in [2.75, 3.05) is 11.1 Å². The van der Waals surface area contributed by atoms with Gasteiger partial charge in [-0.1, -0.05) is 35.9 Å². The van der Waals surface area contributed by atoms with Crippen molar-refractivity contribution in [2.45, 2.75) is 24.8 Å². The van der Waals surface area contributed by atoms with Gasteiger partial charge in [0, 0.05) is 22.8 Å². The summed E-state index contributed by atoms with van der Waals surface area (Å²) in [7, 11) is 0. The van der Waals surface area contributed by atoms with Gasteiger partial charge in [0.1, 0.15) is 0 Å². The number of thioether (sulfide) groups is 1. The predicted molar refractivity (Wildman–Crippen MR) is 92.5 cm³/mol. The van der Waals surface area contributed by atoms with E-state index < -0.39 is 0 Å². The fraction of sp³-hybridized carbons (Fsp3) is 0.235. The van der Waals surface area contributed by atoms with Crippen LogP contribution < -0.4 is 5.32 Å². The molecule has 0 aromatic heterocycles. The van der Waals surface area contributed by atoms with Crippen LogP contribution in [0.25, 0.3) is 0 Å². The molecule has 0 aliphatic rings. The first-order valence-electron chi connectivity index (χ1n) is 6.97. The van der Waals surface area contributed by atoms with Gasteiger partial charge in [-0.2, -0.15) is 0 Å². The summed E-state index contributed by atoms with van der Waals surface area (Å²) in [5, 5.41) is 12.7. The Hall–Kier alpha value is -1.49. The number of amides is 1. The van der Waals surface area contributed by atoms with Crippen molar-refractivity contribution >= 4 is 35.0 Å².